The van der Waals surface area contributed by atoms with Gasteiger partial charge in [0.05, 0.1) is 16.7 Å². The number of hydrogen-bond donors (Lipinski definition) is 1. The number of thioether (sulfide) groups is 1. The second-order valence-corrected chi connectivity index (χ2v) is 9.78. The van der Waals surface area contributed by atoms with E-state index in [9.17, 15) is 13.2 Å². The predicted molar refractivity (Wildman–Crippen MR) is 106 cm³/mol. The lowest BCUT2D eigenvalue weighted by molar-refractivity contribution is -0.119. The van der Waals surface area contributed by atoms with Crippen LogP contribution in [-0.2, 0) is 14.6 Å². The molecule has 0 radical (unpaired) electrons. The Balaban J connectivity index is 1.93. The van der Waals surface area contributed by atoms with Gasteiger partial charge in [0.15, 0.2) is 9.84 Å². The fourth-order valence-electron chi connectivity index (χ4n) is 2.29. The first kappa shape index (κ1) is 20.0. The molecule has 4 nitrogen and oxygen atoms in total. The third kappa shape index (κ3) is 5.87. The van der Waals surface area contributed by atoms with E-state index in [1.165, 1.54) is 18.0 Å². The number of amides is 1. The lowest BCUT2D eigenvalue weighted by Crippen LogP contribution is -2.28. The predicted octanol–water partition coefficient (Wildman–Crippen LogP) is 4.13. The van der Waals surface area contributed by atoms with Gasteiger partial charge in [-0.2, -0.15) is 0 Å². The summed E-state index contributed by atoms with van der Waals surface area (Å²) in [6, 6.07) is 12.4. The van der Waals surface area contributed by atoms with Crippen LogP contribution in [-0.4, -0.2) is 26.3 Å². The molecule has 0 heterocycles. The molecule has 2 aromatic carbocycles. The molecule has 0 aliphatic rings. The zero-order chi connectivity index (χ0) is 18.6. The van der Waals surface area contributed by atoms with Gasteiger partial charge >= 0.3 is 0 Å². The minimum atomic E-state index is -3.21. The van der Waals surface area contributed by atoms with Gasteiger partial charge in [-0.25, -0.2) is 8.42 Å². The maximum absolute atomic E-state index is 12.2. The van der Waals surface area contributed by atoms with Gasteiger partial charge in [-0.15, -0.1) is 11.8 Å². The average molecular weight is 442 g/mol. The summed E-state index contributed by atoms with van der Waals surface area (Å²) >= 11 is 4.92. The molecule has 0 aliphatic carbocycles. The molecular formula is C18H20BrNO3S2. The number of benzene rings is 2. The molecule has 1 atom stereocenters. The minimum Gasteiger partial charge on any atom is -0.349 e. The van der Waals surface area contributed by atoms with Crippen molar-refractivity contribution in [3.8, 4) is 0 Å². The Morgan fingerprint density at radius 3 is 2.40 bits per heavy atom. The maximum atomic E-state index is 12.2. The van der Waals surface area contributed by atoms with Gasteiger partial charge in [0.1, 0.15) is 0 Å². The van der Waals surface area contributed by atoms with Gasteiger partial charge in [-0.3, -0.25) is 4.79 Å². The molecule has 0 aliphatic heterocycles. The molecule has 0 bridgehead atoms. The molecule has 0 fully saturated rings. The smallest absolute Gasteiger partial charge is 0.230 e. The van der Waals surface area contributed by atoms with Gasteiger partial charge in [-0.1, -0.05) is 28.1 Å². The van der Waals surface area contributed by atoms with E-state index in [0.717, 1.165) is 20.5 Å². The minimum absolute atomic E-state index is 0.0630. The third-order valence-electron chi connectivity index (χ3n) is 3.68. The van der Waals surface area contributed by atoms with Crippen LogP contribution in [0.3, 0.4) is 0 Å². The normalized spacial score (nSPS) is 12.6. The van der Waals surface area contributed by atoms with Crippen molar-refractivity contribution < 1.29 is 13.2 Å². The molecule has 25 heavy (non-hydrogen) atoms. The molecule has 2 aromatic rings. The van der Waals surface area contributed by atoms with E-state index in [4.69, 9.17) is 0 Å². The third-order valence-corrected chi connectivity index (χ3v) is 6.48. The number of rotatable bonds is 6. The van der Waals surface area contributed by atoms with Crippen molar-refractivity contribution in [1.82, 2.24) is 5.32 Å². The molecule has 0 spiro atoms. The van der Waals surface area contributed by atoms with Gasteiger partial charge in [0.2, 0.25) is 5.91 Å². The molecule has 0 saturated carbocycles. The standard InChI is InChI=1S/C18H20BrNO3S2/c1-12-10-15(19)6-9-17(12)24-11-18(21)20-13(2)14-4-7-16(8-5-14)25(3,22)23/h4-10,13H,11H2,1-3H3,(H,20,21). The first-order valence-electron chi connectivity index (χ1n) is 7.65. The fourth-order valence-corrected chi connectivity index (χ4v) is 4.22. The Bertz CT molecular complexity index is 864. The van der Waals surface area contributed by atoms with E-state index in [0.29, 0.717) is 5.75 Å². The van der Waals surface area contributed by atoms with Crippen LogP contribution in [0.2, 0.25) is 0 Å². The Morgan fingerprint density at radius 1 is 1.20 bits per heavy atom. The van der Waals surface area contributed by atoms with E-state index < -0.39 is 9.84 Å². The lowest BCUT2D eigenvalue weighted by atomic mass is 10.1. The molecule has 2 rings (SSSR count). The van der Waals surface area contributed by atoms with Crippen molar-refractivity contribution in [3.63, 3.8) is 0 Å². The van der Waals surface area contributed by atoms with E-state index in [1.54, 1.807) is 24.3 Å². The zero-order valence-electron chi connectivity index (χ0n) is 14.2. The quantitative estimate of drug-likeness (QED) is 0.684. The number of halogens is 1. The van der Waals surface area contributed by atoms with Crippen LogP contribution in [0.4, 0.5) is 0 Å². The second-order valence-electron chi connectivity index (χ2n) is 5.83. The fraction of sp³-hybridized carbons (Fsp3) is 0.278. The summed E-state index contributed by atoms with van der Waals surface area (Å²) in [4.78, 5) is 13.5. The van der Waals surface area contributed by atoms with E-state index in [-0.39, 0.29) is 16.8 Å². The van der Waals surface area contributed by atoms with Crippen molar-refractivity contribution in [2.24, 2.45) is 0 Å². The van der Waals surface area contributed by atoms with Crippen LogP contribution < -0.4 is 5.32 Å². The highest BCUT2D eigenvalue weighted by Crippen LogP contribution is 2.25. The Labute approximate surface area is 161 Å². The summed E-state index contributed by atoms with van der Waals surface area (Å²) in [5.74, 6) is 0.265. The number of carbonyl (C=O) groups excluding carboxylic acids is 1. The number of carbonyl (C=O) groups is 1. The Hall–Kier alpha value is -1.31. The van der Waals surface area contributed by atoms with Gasteiger partial charge in [0.25, 0.3) is 0 Å². The van der Waals surface area contributed by atoms with Crippen LogP contribution in [0.15, 0.2) is 56.7 Å². The molecular weight excluding hydrogens is 422 g/mol. The van der Waals surface area contributed by atoms with E-state index >= 15 is 0 Å². The van der Waals surface area contributed by atoms with Crippen molar-refractivity contribution in [3.05, 3.63) is 58.1 Å². The highest BCUT2D eigenvalue weighted by Gasteiger charge is 2.12. The maximum Gasteiger partial charge on any atom is 0.230 e. The summed E-state index contributed by atoms with van der Waals surface area (Å²) in [6.45, 7) is 3.89. The van der Waals surface area contributed by atoms with Crippen molar-refractivity contribution in [2.45, 2.75) is 29.7 Å². The highest BCUT2D eigenvalue weighted by atomic mass is 79.9. The molecule has 1 N–H and O–H groups in total. The SMILES string of the molecule is Cc1cc(Br)ccc1SCC(=O)NC(C)c1ccc(S(C)(=O)=O)cc1. The lowest BCUT2D eigenvalue weighted by Gasteiger charge is -2.15. The largest absolute Gasteiger partial charge is 0.349 e. The topological polar surface area (TPSA) is 63.2 Å². The number of hydrogen-bond acceptors (Lipinski definition) is 4. The first-order valence-corrected chi connectivity index (χ1v) is 11.3. The molecule has 0 saturated heterocycles. The summed E-state index contributed by atoms with van der Waals surface area (Å²) < 4.78 is 24.0. The van der Waals surface area contributed by atoms with E-state index in [2.05, 4.69) is 21.2 Å². The number of nitrogens with one attached hydrogen (secondary N) is 1. The Kier molecular flexibility index (Phi) is 6.71. The van der Waals surface area contributed by atoms with Gasteiger partial charge < -0.3 is 5.32 Å². The average Bonchev–Trinajstić information content (AvgIpc) is 2.53. The monoisotopic (exact) mass is 441 g/mol. The van der Waals surface area contributed by atoms with Crippen molar-refractivity contribution in [1.29, 1.82) is 0 Å². The van der Waals surface area contributed by atoms with Gasteiger partial charge in [-0.05, 0) is 55.3 Å². The van der Waals surface area contributed by atoms with Crippen LogP contribution in [0.25, 0.3) is 0 Å². The zero-order valence-corrected chi connectivity index (χ0v) is 17.5. The van der Waals surface area contributed by atoms with Crippen LogP contribution in [0, 0.1) is 6.92 Å². The summed E-state index contributed by atoms with van der Waals surface area (Å²) in [7, 11) is -3.21. The van der Waals surface area contributed by atoms with Crippen LogP contribution >= 0.6 is 27.7 Å². The summed E-state index contributed by atoms with van der Waals surface area (Å²) in [5.41, 5.74) is 1.99. The molecule has 1 unspecified atom stereocenters. The highest BCUT2D eigenvalue weighted by molar-refractivity contribution is 9.10. The van der Waals surface area contributed by atoms with Crippen molar-refractivity contribution >= 4 is 43.4 Å². The van der Waals surface area contributed by atoms with Crippen LogP contribution in [0.1, 0.15) is 24.1 Å². The van der Waals surface area contributed by atoms with Crippen LogP contribution in [0.5, 0.6) is 0 Å². The molecule has 1 amide bonds. The molecule has 0 aromatic heterocycles. The van der Waals surface area contributed by atoms with Gasteiger partial charge in [0, 0.05) is 15.6 Å². The summed E-state index contributed by atoms with van der Waals surface area (Å²) in [5, 5.41) is 2.94. The molecule has 134 valence electrons. The first-order chi connectivity index (χ1) is 11.7. The number of sulfone groups is 1. The Morgan fingerprint density at radius 2 is 1.84 bits per heavy atom. The van der Waals surface area contributed by atoms with Crippen molar-refractivity contribution in [2.75, 3.05) is 12.0 Å². The molecule has 7 heteroatoms. The summed E-state index contributed by atoms with van der Waals surface area (Å²) in [6.07, 6.45) is 1.18. The van der Waals surface area contributed by atoms with E-state index in [1.807, 2.05) is 32.0 Å². The number of aryl methyl sites for hydroxylation is 1. The second kappa shape index (κ2) is 8.38.